The van der Waals surface area contributed by atoms with Gasteiger partial charge in [-0.2, -0.15) is 11.8 Å². The van der Waals surface area contributed by atoms with Crippen molar-refractivity contribution in [3.8, 4) is 0 Å². The molecule has 1 saturated heterocycles. The molecule has 1 aliphatic heterocycles. The van der Waals surface area contributed by atoms with Crippen molar-refractivity contribution in [3.05, 3.63) is 0 Å². The van der Waals surface area contributed by atoms with Gasteiger partial charge in [0.2, 0.25) is 11.8 Å². The SMILES string of the molecule is CSCCC(NC(=O)C1CCCN1C(=O)C(N)CCCN=C(N)N)C(=O)O. The number of aliphatic carboxylic acids is 1. The number of thioether (sulfide) groups is 1. The number of rotatable bonds is 11. The Morgan fingerprint density at radius 2 is 2.04 bits per heavy atom. The van der Waals surface area contributed by atoms with Crippen LogP contribution in [0.2, 0.25) is 0 Å². The monoisotopic (exact) mass is 402 g/mol. The Bertz CT molecular complexity index is 555. The molecule has 3 atom stereocenters. The number of nitrogens with zero attached hydrogens (tertiary/aromatic N) is 2. The molecule has 8 N–H and O–H groups in total. The molecule has 10 nitrogen and oxygen atoms in total. The van der Waals surface area contributed by atoms with Crippen molar-refractivity contribution in [1.29, 1.82) is 0 Å². The van der Waals surface area contributed by atoms with Crippen molar-refractivity contribution in [2.45, 2.75) is 50.2 Å². The van der Waals surface area contributed by atoms with Crippen molar-refractivity contribution in [3.63, 3.8) is 0 Å². The molecule has 154 valence electrons. The summed E-state index contributed by atoms with van der Waals surface area (Å²) in [5, 5.41) is 11.8. The van der Waals surface area contributed by atoms with Gasteiger partial charge in [0.25, 0.3) is 0 Å². The maximum atomic E-state index is 12.6. The summed E-state index contributed by atoms with van der Waals surface area (Å²) in [6.07, 6.45) is 4.30. The first-order valence-electron chi connectivity index (χ1n) is 8.91. The van der Waals surface area contributed by atoms with Gasteiger partial charge >= 0.3 is 5.97 Å². The highest BCUT2D eigenvalue weighted by atomic mass is 32.2. The molecule has 2 amide bonds. The number of aliphatic imine (C=N–C) groups is 1. The molecule has 0 radical (unpaired) electrons. The molecule has 1 aliphatic rings. The molecule has 0 aromatic heterocycles. The number of nitrogens with one attached hydrogen (secondary N) is 1. The summed E-state index contributed by atoms with van der Waals surface area (Å²) in [7, 11) is 0. The van der Waals surface area contributed by atoms with Crippen LogP contribution in [-0.2, 0) is 14.4 Å². The maximum Gasteiger partial charge on any atom is 0.326 e. The number of hydrogen-bond donors (Lipinski definition) is 5. The molecule has 1 heterocycles. The highest BCUT2D eigenvalue weighted by Crippen LogP contribution is 2.19. The molecule has 11 heteroatoms. The second-order valence-electron chi connectivity index (χ2n) is 6.43. The van der Waals surface area contributed by atoms with Crippen LogP contribution in [0.5, 0.6) is 0 Å². The van der Waals surface area contributed by atoms with Crippen LogP contribution < -0.4 is 22.5 Å². The van der Waals surface area contributed by atoms with Crippen LogP contribution in [0.25, 0.3) is 0 Å². The van der Waals surface area contributed by atoms with Crippen LogP contribution >= 0.6 is 11.8 Å². The number of likely N-dealkylation sites (tertiary alicyclic amines) is 1. The number of carboxylic acids is 1. The van der Waals surface area contributed by atoms with Crippen molar-refractivity contribution in [2.24, 2.45) is 22.2 Å². The van der Waals surface area contributed by atoms with Gasteiger partial charge in [-0.25, -0.2) is 4.79 Å². The Morgan fingerprint density at radius 1 is 1.33 bits per heavy atom. The Kier molecular flexibility index (Phi) is 9.94. The van der Waals surface area contributed by atoms with Gasteiger partial charge < -0.3 is 32.5 Å². The van der Waals surface area contributed by atoms with Gasteiger partial charge in [-0.15, -0.1) is 0 Å². The standard InChI is InChI=1S/C16H30N6O4S/c1-27-9-6-11(15(25)26)21-13(23)12-5-3-8-22(12)14(24)10(17)4-2-7-20-16(18)19/h10-12H,2-9,17H2,1H3,(H,21,23)(H,25,26)(H4,18,19,20). The van der Waals surface area contributed by atoms with Gasteiger partial charge in [-0.1, -0.05) is 0 Å². The van der Waals surface area contributed by atoms with E-state index in [1.807, 2.05) is 6.26 Å². The summed E-state index contributed by atoms with van der Waals surface area (Å²) in [5.41, 5.74) is 16.5. The molecule has 3 unspecified atom stereocenters. The van der Waals surface area contributed by atoms with Crippen LogP contribution in [0.4, 0.5) is 0 Å². The summed E-state index contributed by atoms with van der Waals surface area (Å²) in [4.78, 5) is 41.7. The molecule has 27 heavy (non-hydrogen) atoms. The molecule has 1 rings (SSSR count). The Balaban J connectivity index is 2.62. The minimum Gasteiger partial charge on any atom is -0.480 e. The number of guanidine groups is 1. The number of hydrogen-bond acceptors (Lipinski definition) is 6. The lowest BCUT2D eigenvalue weighted by Gasteiger charge is -2.27. The van der Waals surface area contributed by atoms with Crippen molar-refractivity contribution < 1.29 is 19.5 Å². The minimum absolute atomic E-state index is 0.0133. The molecule has 0 aromatic carbocycles. The molecule has 0 saturated carbocycles. The average Bonchev–Trinajstić information content (AvgIpc) is 3.10. The van der Waals surface area contributed by atoms with Crippen LogP contribution in [0.3, 0.4) is 0 Å². The topological polar surface area (TPSA) is 177 Å². The summed E-state index contributed by atoms with van der Waals surface area (Å²) >= 11 is 1.51. The van der Waals surface area contributed by atoms with E-state index >= 15 is 0 Å². The zero-order valence-corrected chi connectivity index (χ0v) is 16.4. The van der Waals surface area contributed by atoms with Gasteiger partial charge in [0, 0.05) is 13.1 Å². The second kappa shape index (κ2) is 11.7. The average molecular weight is 403 g/mol. The van der Waals surface area contributed by atoms with Gasteiger partial charge in [-0.05, 0) is 44.1 Å². The lowest BCUT2D eigenvalue weighted by molar-refractivity contribution is -0.144. The minimum atomic E-state index is -1.08. The second-order valence-corrected chi connectivity index (χ2v) is 7.41. The van der Waals surface area contributed by atoms with Crippen LogP contribution in [0.1, 0.15) is 32.1 Å². The normalized spacial score (nSPS) is 18.6. The fraction of sp³-hybridized carbons (Fsp3) is 0.750. The van der Waals surface area contributed by atoms with Gasteiger partial charge in [0.1, 0.15) is 12.1 Å². The molecule has 0 aliphatic carbocycles. The van der Waals surface area contributed by atoms with E-state index in [-0.39, 0.29) is 11.9 Å². The Labute approximate surface area is 163 Å². The first-order valence-corrected chi connectivity index (χ1v) is 10.3. The summed E-state index contributed by atoms with van der Waals surface area (Å²) in [6.45, 7) is 0.810. The van der Waals surface area contributed by atoms with E-state index in [9.17, 15) is 19.5 Å². The van der Waals surface area contributed by atoms with E-state index in [0.29, 0.717) is 50.9 Å². The van der Waals surface area contributed by atoms with E-state index < -0.39 is 30.0 Å². The highest BCUT2D eigenvalue weighted by molar-refractivity contribution is 7.98. The van der Waals surface area contributed by atoms with Crippen molar-refractivity contribution >= 4 is 35.5 Å². The number of carbonyl (C=O) groups excluding carboxylic acids is 2. The van der Waals surface area contributed by atoms with Gasteiger partial charge in [-0.3, -0.25) is 14.6 Å². The van der Waals surface area contributed by atoms with Crippen LogP contribution in [0.15, 0.2) is 4.99 Å². The number of carbonyl (C=O) groups is 3. The smallest absolute Gasteiger partial charge is 0.326 e. The third kappa shape index (κ3) is 7.63. The lowest BCUT2D eigenvalue weighted by Crippen LogP contribution is -2.54. The predicted octanol–water partition coefficient (Wildman–Crippen LogP) is -1.32. The summed E-state index contributed by atoms with van der Waals surface area (Å²) < 4.78 is 0. The molecular formula is C16H30N6O4S. The highest BCUT2D eigenvalue weighted by Gasteiger charge is 2.37. The van der Waals surface area contributed by atoms with E-state index in [1.165, 1.54) is 16.7 Å². The van der Waals surface area contributed by atoms with Gasteiger partial charge in [0.05, 0.1) is 6.04 Å². The Morgan fingerprint density at radius 3 is 2.63 bits per heavy atom. The van der Waals surface area contributed by atoms with E-state index in [1.54, 1.807) is 0 Å². The first kappa shape index (κ1) is 23.0. The Hall–Kier alpha value is -2.01. The quantitative estimate of drug-likeness (QED) is 0.160. The molecular weight excluding hydrogens is 372 g/mol. The third-order valence-electron chi connectivity index (χ3n) is 4.35. The van der Waals surface area contributed by atoms with E-state index in [0.717, 1.165) is 0 Å². The fourth-order valence-electron chi connectivity index (χ4n) is 2.92. The van der Waals surface area contributed by atoms with Gasteiger partial charge in [0.15, 0.2) is 5.96 Å². The molecule has 0 aromatic rings. The maximum absolute atomic E-state index is 12.6. The van der Waals surface area contributed by atoms with Crippen LogP contribution in [-0.4, -0.2) is 77.0 Å². The number of carboxylic acid groups (broad SMARTS) is 1. The summed E-state index contributed by atoms with van der Waals surface area (Å²) in [6, 6.07) is -2.40. The summed E-state index contributed by atoms with van der Waals surface area (Å²) in [5.74, 6) is -1.23. The van der Waals surface area contributed by atoms with E-state index in [2.05, 4.69) is 10.3 Å². The van der Waals surface area contributed by atoms with Crippen LogP contribution in [0, 0.1) is 0 Å². The lowest BCUT2D eigenvalue weighted by atomic mass is 10.1. The first-order chi connectivity index (χ1) is 12.8. The largest absolute Gasteiger partial charge is 0.480 e. The third-order valence-corrected chi connectivity index (χ3v) is 4.99. The predicted molar refractivity (Wildman–Crippen MR) is 105 cm³/mol. The van der Waals surface area contributed by atoms with E-state index in [4.69, 9.17) is 17.2 Å². The molecule has 1 fully saturated rings. The molecule has 0 spiro atoms. The zero-order chi connectivity index (χ0) is 20.4. The fourth-order valence-corrected chi connectivity index (χ4v) is 3.39. The number of amides is 2. The van der Waals surface area contributed by atoms with Crippen molar-refractivity contribution in [1.82, 2.24) is 10.2 Å². The molecule has 0 bridgehead atoms. The van der Waals surface area contributed by atoms with Crippen molar-refractivity contribution in [2.75, 3.05) is 25.1 Å². The zero-order valence-electron chi connectivity index (χ0n) is 15.6. The number of nitrogens with two attached hydrogens (primary N) is 3.